The van der Waals surface area contributed by atoms with Crippen LogP contribution in [0.5, 0.6) is 0 Å². The fraction of sp³-hybridized carbons (Fsp3) is 0. The topological polar surface area (TPSA) is 61.7 Å². The van der Waals surface area contributed by atoms with Gasteiger partial charge in [-0.25, -0.2) is 4.98 Å². The van der Waals surface area contributed by atoms with E-state index in [2.05, 4.69) is 197 Å². The average Bonchev–Trinajstić information content (AvgIpc) is 4.13. The standard InChI is InChI=1S/C59H33N5OS/c1-2-14-35-33-51-45(30-34(35)13-1)42-17-5-8-20-48(42)63(51)38-26-27-39-37(29-38)32-47(56-55(39)44-19-6-11-23-52(44)65-56)58-60-57(36-25-28-54-46(31-36)43-18-7-12-24-53(43)66-54)61-59(62-58)64-49-21-9-3-15-40(49)41-16-4-10-22-50(41)64/h1-33H. The minimum absolute atomic E-state index is 0.534. The van der Waals surface area contributed by atoms with Crippen LogP contribution in [0, 0.1) is 0 Å². The Labute approximate surface area is 379 Å². The number of nitrogens with zero attached hydrogens (tertiary/aromatic N) is 5. The second-order valence-electron chi connectivity index (χ2n) is 17.2. The van der Waals surface area contributed by atoms with Gasteiger partial charge in [-0.05, 0) is 100 Å². The van der Waals surface area contributed by atoms with E-state index in [4.69, 9.17) is 19.4 Å². The number of aromatic nitrogens is 5. The van der Waals surface area contributed by atoms with Crippen molar-refractivity contribution < 1.29 is 4.42 Å². The van der Waals surface area contributed by atoms with Gasteiger partial charge < -0.3 is 8.98 Å². The third kappa shape index (κ3) is 5.08. The summed E-state index contributed by atoms with van der Waals surface area (Å²) in [6.45, 7) is 0. The highest BCUT2D eigenvalue weighted by Crippen LogP contribution is 2.43. The number of fused-ring (bicyclic) bond motifs is 15. The summed E-state index contributed by atoms with van der Waals surface area (Å²) in [5.41, 5.74) is 8.71. The Hall–Kier alpha value is -8.65. The van der Waals surface area contributed by atoms with Crippen LogP contribution < -0.4 is 0 Å². The molecule has 5 aromatic heterocycles. The van der Waals surface area contributed by atoms with Crippen LogP contribution in [0.15, 0.2) is 205 Å². The van der Waals surface area contributed by atoms with E-state index < -0.39 is 0 Å². The van der Waals surface area contributed by atoms with Crippen LogP contribution in [0.1, 0.15) is 0 Å². The number of furan rings is 1. The van der Waals surface area contributed by atoms with Crippen LogP contribution >= 0.6 is 11.3 Å². The maximum absolute atomic E-state index is 6.91. The molecule has 0 unspecified atom stereocenters. The van der Waals surface area contributed by atoms with Crippen molar-refractivity contribution in [1.82, 2.24) is 24.1 Å². The Morgan fingerprint density at radius 3 is 1.79 bits per heavy atom. The lowest BCUT2D eigenvalue weighted by Crippen LogP contribution is -2.06. The quantitative estimate of drug-likeness (QED) is 0.177. The molecule has 0 amide bonds. The zero-order valence-electron chi connectivity index (χ0n) is 35.1. The molecular formula is C59H33N5OS. The third-order valence-corrected chi connectivity index (χ3v) is 14.7. The molecule has 0 bridgehead atoms. The highest BCUT2D eigenvalue weighted by molar-refractivity contribution is 7.25. The summed E-state index contributed by atoms with van der Waals surface area (Å²) in [7, 11) is 0. The van der Waals surface area contributed by atoms with Crippen LogP contribution in [-0.2, 0) is 0 Å². The molecule has 7 heteroatoms. The van der Waals surface area contributed by atoms with Gasteiger partial charge in [0.15, 0.2) is 11.6 Å². The first kappa shape index (κ1) is 35.8. The van der Waals surface area contributed by atoms with Gasteiger partial charge in [-0.3, -0.25) is 4.57 Å². The highest BCUT2D eigenvalue weighted by Gasteiger charge is 2.23. The largest absolute Gasteiger partial charge is 0.455 e. The molecule has 0 saturated heterocycles. The van der Waals surface area contributed by atoms with E-state index in [1.807, 2.05) is 12.1 Å². The first-order valence-corrected chi connectivity index (χ1v) is 23.0. The van der Waals surface area contributed by atoms with E-state index >= 15 is 0 Å². The van der Waals surface area contributed by atoms with Crippen LogP contribution in [0.3, 0.4) is 0 Å². The van der Waals surface area contributed by atoms with Crippen molar-refractivity contribution in [2.24, 2.45) is 0 Å². The van der Waals surface area contributed by atoms with E-state index in [1.165, 1.54) is 41.7 Å². The summed E-state index contributed by atoms with van der Waals surface area (Å²) < 4.78 is 14.0. The molecule has 306 valence electrons. The number of hydrogen-bond donors (Lipinski definition) is 0. The molecule has 0 saturated carbocycles. The van der Waals surface area contributed by atoms with Crippen LogP contribution in [0.2, 0.25) is 0 Å². The van der Waals surface area contributed by atoms with Gasteiger partial charge in [0.25, 0.3) is 0 Å². The Balaban J connectivity index is 1.03. The molecule has 0 fully saturated rings. The minimum atomic E-state index is 0.534. The fourth-order valence-electron chi connectivity index (χ4n) is 10.6. The molecule has 15 aromatic rings. The number of rotatable bonds is 4. The van der Waals surface area contributed by atoms with E-state index in [9.17, 15) is 0 Å². The molecule has 0 atom stereocenters. The second kappa shape index (κ2) is 13.4. The van der Waals surface area contributed by atoms with E-state index in [1.54, 1.807) is 11.3 Å². The fourth-order valence-corrected chi connectivity index (χ4v) is 11.7. The van der Waals surface area contributed by atoms with Gasteiger partial charge in [0.2, 0.25) is 5.95 Å². The molecule has 66 heavy (non-hydrogen) atoms. The summed E-state index contributed by atoms with van der Waals surface area (Å²) in [6, 6.07) is 71.5. The first-order valence-electron chi connectivity index (χ1n) is 22.2. The molecule has 0 spiro atoms. The summed E-state index contributed by atoms with van der Waals surface area (Å²) >= 11 is 1.80. The molecular weight excluding hydrogens is 827 g/mol. The van der Waals surface area contributed by atoms with E-state index in [0.717, 1.165) is 82.4 Å². The zero-order valence-corrected chi connectivity index (χ0v) is 35.9. The van der Waals surface area contributed by atoms with Gasteiger partial charge in [0, 0.05) is 63.7 Å². The van der Waals surface area contributed by atoms with Gasteiger partial charge >= 0.3 is 0 Å². The first-order chi connectivity index (χ1) is 32.7. The van der Waals surface area contributed by atoms with Crippen LogP contribution in [-0.4, -0.2) is 24.1 Å². The molecule has 5 heterocycles. The van der Waals surface area contributed by atoms with Gasteiger partial charge in [-0.15, -0.1) is 11.3 Å². The third-order valence-electron chi connectivity index (χ3n) is 13.5. The second-order valence-corrected chi connectivity index (χ2v) is 18.2. The predicted molar refractivity (Wildman–Crippen MR) is 275 cm³/mol. The Bertz CT molecular complexity index is 4500. The average molecular weight is 860 g/mol. The van der Waals surface area contributed by atoms with Crippen molar-refractivity contribution >= 4 is 119 Å². The Morgan fingerprint density at radius 1 is 0.379 bits per heavy atom. The lowest BCUT2D eigenvalue weighted by Gasteiger charge is -2.13. The number of para-hydroxylation sites is 4. The molecule has 6 nitrogen and oxygen atoms in total. The monoisotopic (exact) mass is 859 g/mol. The Kier molecular flexibility index (Phi) is 7.28. The molecule has 0 aliphatic heterocycles. The van der Waals surface area contributed by atoms with E-state index in [-0.39, 0.29) is 0 Å². The lowest BCUT2D eigenvalue weighted by molar-refractivity contribution is 0.669. The summed E-state index contributed by atoms with van der Waals surface area (Å²) in [5.74, 6) is 1.66. The summed E-state index contributed by atoms with van der Waals surface area (Å²) in [6.07, 6.45) is 0. The molecule has 0 radical (unpaired) electrons. The molecule has 15 rings (SSSR count). The SMILES string of the molecule is c1ccc2cc3c(cc2c1)c1ccccc1n3-c1ccc2c(c1)cc(-c1nc(-c3ccc4sc5ccccc5c4c3)nc(-n3c4ccccc4c4ccccc43)n1)c1oc3ccccc3c12. The number of hydrogen-bond acceptors (Lipinski definition) is 5. The minimum Gasteiger partial charge on any atom is -0.455 e. The lowest BCUT2D eigenvalue weighted by atomic mass is 9.99. The van der Waals surface area contributed by atoms with Crippen LogP contribution in [0.25, 0.3) is 142 Å². The normalized spacial score (nSPS) is 12.2. The number of thiophene rings is 1. The summed E-state index contributed by atoms with van der Waals surface area (Å²) in [5, 5.41) is 13.8. The number of benzene rings is 10. The van der Waals surface area contributed by atoms with Crippen molar-refractivity contribution in [3.05, 3.63) is 200 Å². The molecule has 10 aromatic carbocycles. The molecule has 0 N–H and O–H groups in total. The Morgan fingerprint density at radius 2 is 1.00 bits per heavy atom. The van der Waals surface area contributed by atoms with Crippen molar-refractivity contribution in [2.45, 2.75) is 0 Å². The van der Waals surface area contributed by atoms with Crippen LogP contribution in [0.4, 0.5) is 0 Å². The zero-order chi connectivity index (χ0) is 43.0. The molecule has 0 aliphatic carbocycles. The maximum Gasteiger partial charge on any atom is 0.238 e. The summed E-state index contributed by atoms with van der Waals surface area (Å²) in [4.78, 5) is 16.3. The van der Waals surface area contributed by atoms with Crippen molar-refractivity contribution in [1.29, 1.82) is 0 Å². The smallest absolute Gasteiger partial charge is 0.238 e. The highest BCUT2D eigenvalue weighted by atomic mass is 32.1. The van der Waals surface area contributed by atoms with Gasteiger partial charge in [0.1, 0.15) is 11.2 Å². The van der Waals surface area contributed by atoms with Gasteiger partial charge in [-0.1, -0.05) is 121 Å². The predicted octanol–water partition coefficient (Wildman–Crippen LogP) is 16.0. The maximum atomic E-state index is 6.91. The van der Waals surface area contributed by atoms with Gasteiger partial charge in [0.05, 0.1) is 27.6 Å². The van der Waals surface area contributed by atoms with Gasteiger partial charge in [-0.2, -0.15) is 9.97 Å². The van der Waals surface area contributed by atoms with E-state index in [0.29, 0.717) is 17.6 Å². The van der Waals surface area contributed by atoms with Crippen molar-refractivity contribution in [3.8, 4) is 34.4 Å². The van der Waals surface area contributed by atoms with Crippen molar-refractivity contribution in [3.63, 3.8) is 0 Å². The van der Waals surface area contributed by atoms with Crippen molar-refractivity contribution in [2.75, 3.05) is 0 Å². The molecule has 0 aliphatic rings.